The van der Waals surface area contributed by atoms with E-state index in [0.29, 0.717) is 25.6 Å². The molecule has 0 radical (unpaired) electrons. The Morgan fingerprint density at radius 2 is 2.29 bits per heavy atom. The van der Waals surface area contributed by atoms with Gasteiger partial charge in [-0.3, -0.25) is 4.79 Å². The maximum atomic E-state index is 12.3. The lowest BCUT2D eigenvalue weighted by atomic mass is 10.0. The van der Waals surface area contributed by atoms with E-state index in [1.165, 1.54) is 0 Å². The van der Waals surface area contributed by atoms with E-state index in [2.05, 4.69) is 18.8 Å². The molecule has 0 aromatic carbocycles. The van der Waals surface area contributed by atoms with Crippen molar-refractivity contribution in [3.8, 4) is 0 Å². The zero-order valence-corrected chi connectivity index (χ0v) is 14.7. The Labute approximate surface area is 142 Å². The highest BCUT2D eigenvalue weighted by molar-refractivity contribution is 7.09. The molecule has 1 aromatic heterocycles. The van der Waals surface area contributed by atoms with Gasteiger partial charge in [0.1, 0.15) is 11.1 Å². The van der Waals surface area contributed by atoms with Crippen LogP contribution in [0.1, 0.15) is 31.4 Å². The van der Waals surface area contributed by atoms with Gasteiger partial charge in [-0.05, 0) is 12.3 Å². The third kappa shape index (κ3) is 5.71. The maximum Gasteiger partial charge on any atom is 0.239 e. The topological polar surface area (TPSA) is 68.5 Å². The van der Waals surface area contributed by atoms with Gasteiger partial charge < -0.3 is 15.4 Å². The molecule has 0 spiro atoms. The van der Waals surface area contributed by atoms with Crippen LogP contribution in [0.2, 0.25) is 0 Å². The SMILES string of the molecule is CC(C)C[C@H](N)C(=O)N1CCOC(c2nccs2)C1.Cl.Cl. The molecule has 1 saturated heterocycles. The van der Waals surface area contributed by atoms with E-state index in [0.717, 1.165) is 11.4 Å². The minimum absolute atomic E-state index is 0. The molecule has 1 aliphatic heterocycles. The third-order valence-electron chi connectivity index (χ3n) is 3.15. The molecule has 2 heterocycles. The van der Waals surface area contributed by atoms with Gasteiger partial charge in [0.05, 0.1) is 19.2 Å². The Balaban J connectivity index is 0.00000200. The van der Waals surface area contributed by atoms with Gasteiger partial charge in [-0.25, -0.2) is 4.98 Å². The van der Waals surface area contributed by atoms with E-state index in [4.69, 9.17) is 10.5 Å². The van der Waals surface area contributed by atoms with Crippen molar-refractivity contribution in [3.05, 3.63) is 16.6 Å². The molecular weight excluding hydrogens is 333 g/mol. The van der Waals surface area contributed by atoms with Crippen LogP contribution < -0.4 is 5.73 Å². The first kappa shape index (κ1) is 20.6. The number of rotatable bonds is 4. The first-order valence-electron chi connectivity index (χ1n) is 6.63. The fourth-order valence-corrected chi connectivity index (χ4v) is 2.91. The Morgan fingerprint density at radius 3 is 2.86 bits per heavy atom. The maximum absolute atomic E-state index is 12.3. The summed E-state index contributed by atoms with van der Waals surface area (Å²) in [6.07, 6.45) is 2.37. The average Bonchev–Trinajstić information content (AvgIpc) is 2.91. The number of hydrogen-bond acceptors (Lipinski definition) is 5. The number of hydrogen-bond donors (Lipinski definition) is 1. The lowest BCUT2D eigenvalue weighted by Gasteiger charge is -2.33. The first-order chi connectivity index (χ1) is 9.08. The molecular formula is C13H23Cl2N3O2S. The molecule has 1 aromatic rings. The smallest absolute Gasteiger partial charge is 0.239 e. The Morgan fingerprint density at radius 1 is 1.57 bits per heavy atom. The minimum atomic E-state index is -0.407. The molecule has 0 bridgehead atoms. The number of ether oxygens (including phenoxy) is 1. The number of thiazole rings is 1. The van der Waals surface area contributed by atoms with Crippen molar-refractivity contribution in [1.29, 1.82) is 0 Å². The van der Waals surface area contributed by atoms with Gasteiger partial charge in [0.25, 0.3) is 0 Å². The molecule has 0 aliphatic carbocycles. The van der Waals surface area contributed by atoms with Crippen LogP contribution in [0.3, 0.4) is 0 Å². The van der Waals surface area contributed by atoms with E-state index in [1.807, 2.05) is 10.3 Å². The van der Waals surface area contributed by atoms with Crippen LogP contribution in [-0.4, -0.2) is 41.5 Å². The van der Waals surface area contributed by atoms with Crippen LogP contribution in [0, 0.1) is 5.92 Å². The summed E-state index contributed by atoms with van der Waals surface area (Å²) in [6, 6.07) is -0.407. The predicted octanol–water partition coefficient (Wildman–Crippen LogP) is 2.26. The second-order valence-corrected chi connectivity index (χ2v) is 6.18. The average molecular weight is 356 g/mol. The van der Waals surface area contributed by atoms with Crippen molar-refractivity contribution in [3.63, 3.8) is 0 Å². The number of amides is 1. The van der Waals surface area contributed by atoms with Crippen LogP contribution in [0.25, 0.3) is 0 Å². The number of carbonyl (C=O) groups excluding carboxylic acids is 1. The van der Waals surface area contributed by atoms with Crippen LogP contribution in [-0.2, 0) is 9.53 Å². The summed E-state index contributed by atoms with van der Waals surface area (Å²) in [5.41, 5.74) is 5.97. The molecule has 122 valence electrons. The number of aromatic nitrogens is 1. The monoisotopic (exact) mass is 355 g/mol. The van der Waals surface area contributed by atoms with Crippen LogP contribution in [0.15, 0.2) is 11.6 Å². The zero-order valence-electron chi connectivity index (χ0n) is 12.2. The van der Waals surface area contributed by atoms with Crippen molar-refractivity contribution in [2.24, 2.45) is 11.7 Å². The van der Waals surface area contributed by atoms with Gasteiger partial charge in [0, 0.05) is 18.1 Å². The molecule has 21 heavy (non-hydrogen) atoms. The van der Waals surface area contributed by atoms with Crippen molar-refractivity contribution in [2.75, 3.05) is 19.7 Å². The molecule has 1 amide bonds. The summed E-state index contributed by atoms with van der Waals surface area (Å²) >= 11 is 1.56. The third-order valence-corrected chi connectivity index (χ3v) is 4.02. The van der Waals surface area contributed by atoms with Crippen molar-refractivity contribution < 1.29 is 9.53 Å². The van der Waals surface area contributed by atoms with Gasteiger partial charge in [0.2, 0.25) is 5.91 Å². The molecule has 1 aliphatic rings. The number of carbonyl (C=O) groups is 1. The quantitative estimate of drug-likeness (QED) is 0.899. The first-order valence-corrected chi connectivity index (χ1v) is 7.51. The molecule has 8 heteroatoms. The number of halogens is 2. The van der Waals surface area contributed by atoms with E-state index >= 15 is 0 Å². The predicted molar refractivity (Wildman–Crippen MR) is 89.3 cm³/mol. The lowest BCUT2D eigenvalue weighted by Crippen LogP contribution is -2.49. The Kier molecular flexibility index (Phi) is 9.40. The van der Waals surface area contributed by atoms with Crippen molar-refractivity contribution in [2.45, 2.75) is 32.4 Å². The van der Waals surface area contributed by atoms with Crippen molar-refractivity contribution in [1.82, 2.24) is 9.88 Å². The van der Waals surface area contributed by atoms with Gasteiger partial charge >= 0.3 is 0 Å². The molecule has 1 fully saturated rings. The fourth-order valence-electron chi connectivity index (χ4n) is 2.24. The Hall–Kier alpha value is -0.400. The van der Waals surface area contributed by atoms with E-state index in [1.54, 1.807) is 17.5 Å². The van der Waals surface area contributed by atoms with E-state index < -0.39 is 6.04 Å². The van der Waals surface area contributed by atoms with Crippen LogP contribution >= 0.6 is 36.2 Å². The fraction of sp³-hybridized carbons (Fsp3) is 0.692. The highest BCUT2D eigenvalue weighted by Crippen LogP contribution is 2.24. The number of nitrogens with two attached hydrogens (primary N) is 1. The molecule has 0 saturated carbocycles. The zero-order chi connectivity index (χ0) is 13.8. The Bertz CT molecular complexity index is 418. The summed E-state index contributed by atoms with van der Waals surface area (Å²) in [7, 11) is 0. The van der Waals surface area contributed by atoms with Crippen LogP contribution in [0.5, 0.6) is 0 Å². The summed E-state index contributed by atoms with van der Waals surface area (Å²) in [6.45, 7) is 5.87. The summed E-state index contributed by atoms with van der Waals surface area (Å²) in [5.74, 6) is 0.452. The van der Waals surface area contributed by atoms with E-state index in [-0.39, 0.29) is 36.8 Å². The van der Waals surface area contributed by atoms with Gasteiger partial charge in [-0.2, -0.15) is 0 Å². The second-order valence-electron chi connectivity index (χ2n) is 5.25. The number of nitrogens with zero attached hydrogens (tertiary/aromatic N) is 2. The highest BCUT2D eigenvalue weighted by atomic mass is 35.5. The highest BCUT2D eigenvalue weighted by Gasteiger charge is 2.29. The molecule has 1 unspecified atom stereocenters. The van der Waals surface area contributed by atoms with Crippen LogP contribution in [0.4, 0.5) is 0 Å². The molecule has 2 N–H and O–H groups in total. The van der Waals surface area contributed by atoms with Crippen molar-refractivity contribution >= 4 is 42.1 Å². The molecule has 5 nitrogen and oxygen atoms in total. The number of morpholine rings is 1. The normalized spacial score (nSPS) is 19.6. The van der Waals surface area contributed by atoms with Gasteiger partial charge in [0.15, 0.2) is 0 Å². The summed E-state index contributed by atoms with van der Waals surface area (Å²) < 4.78 is 5.68. The van der Waals surface area contributed by atoms with E-state index in [9.17, 15) is 4.79 Å². The summed E-state index contributed by atoms with van der Waals surface area (Å²) in [4.78, 5) is 18.3. The molecule has 2 atom stereocenters. The largest absolute Gasteiger partial charge is 0.367 e. The molecule has 2 rings (SSSR count). The lowest BCUT2D eigenvalue weighted by molar-refractivity contribution is -0.140. The van der Waals surface area contributed by atoms with Gasteiger partial charge in [-0.1, -0.05) is 13.8 Å². The second kappa shape index (κ2) is 9.58. The minimum Gasteiger partial charge on any atom is -0.367 e. The van der Waals surface area contributed by atoms with Gasteiger partial charge in [-0.15, -0.1) is 36.2 Å². The standard InChI is InChI=1S/C13H21N3O2S.2ClH/c1-9(2)7-10(14)13(17)16-4-5-18-11(8-16)12-15-3-6-19-12;;/h3,6,9-11H,4-5,7-8,14H2,1-2H3;2*1H/t10-,11?;;/m0../s1. The summed E-state index contributed by atoms with van der Waals surface area (Å²) in [5, 5.41) is 2.85.